The summed E-state index contributed by atoms with van der Waals surface area (Å²) >= 11 is 0. The Morgan fingerprint density at radius 1 is 1.00 bits per heavy atom. The van der Waals surface area contributed by atoms with Gasteiger partial charge in [-0.15, -0.1) is 0 Å². The second-order valence-electron chi connectivity index (χ2n) is 9.13. The fourth-order valence-electron chi connectivity index (χ4n) is 3.11. The van der Waals surface area contributed by atoms with Crippen molar-refractivity contribution in [3.63, 3.8) is 0 Å². The molecule has 0 unspecified atom stereocenters. The lowest BCUT2D eigenvalue weighted by Crippen LogP contribution is -2.44. The monoisotopic (exact) mass is 455 g/mol. The first-order valence-electron chi connectivity index (χ1n) is 10.2. The highest BCUT2D eigenvalue weighted by atomic mass is 28.4. The number of fused-ring (bicyclic) bond motifs is 1. The molecule has 1 aromatic heterocycles. The Kier molecular flexibility index (Phi) is 6.10. The number of carboxylic acids is 1. The van der Waals surface area contributed by atoms with Gasteiger partial charge in [0.2, 0.25) is 5.43 Å². The molecule has 0 saturated heterocycles. The number of nitrogens with zero attached hydrogens (tertiary/aromatic N) is 1. The molecule has 7 nitrogen and oxygen atoms in total. The number of carbonyl (C=O) groups is 1. The van der Waals surface area contributed by atoms with Gasteiger partial charge in [-0.2, -0.15) is 0 Å². The molecule has 170 valence electrons. The molecular weight excluding hydrogens is 426 g/mol. The van der Waals surface area contributed by atoms with Crippen LogP contribution in [0.15, 0.2) is 47.4 Å². The fourth-order valence-corrected chi connectivity index (χ4v) is 4.12. The smallest absolute Gasteiger partial charge is 0.341 e. The van der Waals surface area contributed by atoms with Gasteiger partial charge < -0.3 is 23.6 Å². The minimum Gasteiger partial charge on any atom is -0.541 e. The fraction of sp³-hybridized carbons (Fsp3) is 0.333. The minimum absolute atomic E-state index is 0.0703. The molecule has 0 aliphatic heterocycles. The predicted octanol–water partition coefficient (Wildman–Crippen LogP) is 5.09. The minimum atomic E-state index is -2.24. The molecule has 3 rings (SSSR count). The highest BCUT2D eigenvalue weighted by Gasteiger charge is 2.39. The van der Waals surface area contributed by atoms with Crippen molar-refractivity contribution in [3.05, 3.63) is 58.4 Å². The predicted molar refractivity (Wildman–Crippen MR) is 127 cm³/mol. The quantitative estimate of drug-likeness (QED) is 0.521. The second kappa shape index (κ2) is 8.35. The molecule has 0 fully saturated rings. The van der Waals surface area contributed by atoms with Crippen LogP contribution in [0.4, 0.5) is 0 Å². The van der Waals surface area contributed by atoms with E-state index >= 15 is 0 Å². The van der Waals surface area contributed by atoms with Crippen molar-refractivity contribution in [2.45, 2.75) is 38.9 Å². The topological polar surface area (TPSA) is 87.0 Å². The van der Waals surface area contributed by atoms with E-state index in [1.165, 1.54) is 6.20 Å². The zero-order chi connectivity index (χ0) is 23.8. The van der Waals surface area contributed by atoms with E-state index in [4.69, 9.17) is 13.9 Å². The largest absolute Gasteiger partial charge is 0.541 e. The Morgan fingerprint density at radius 3 is 2.12 bits per heavy atom. The van der Waals surface area contributed by atoms with Gasteiger partial charge in [-0.05, 0) is 48.5 Å². The van der Waals surface area contributed by atoms with Crippen LogP contribution in [-0.4, -0.2) is 38.2 Å². The standard InChI is InChI=1S/C24H29NO6Si/c1-24(2,3)32(6,7)31-21-12-17-19(13-20(21)30-5)25(14-18(22(17)26)23(27)28)15-8-10-16(29-4)11-9-15/h8-14H,1-7H3,(H,27,28). The van der Waals surface area contributed by atoms with Crippen LogP contribution >= 0.6 is 0 Å². The van der Waals surface area contributed by atoms with Crippen molar-refractivity contribution in [1.29, 1.82) is 0 Å². The molecular formula is C24H29NO6Si. The number of aromatic nitrogens is 1. The van der Waals surface area contributed by atoms with E-state index < -0.39 is 19.7 Å². The summed E-state index contributed by atoms with van der Waals surface area (Å²) in [7, 11) is 0.873. The Hall–Kier alpha value is -3.26. The molecule has 0 aliphatic carbocycles. The highest BCUT2D eigenvalue weighted by Crippen LogP contribution is 2.41. The number of hydrogen-bond donors (Lipinski definition) is 1. The van der Waals surface area contributed by atoms with Gasteiger partial charge >= 0.3 is 5.97 Å². The summed E-state index contributed by atoms with van der Waals surface area (Å²) in [6.07, 6.45) is 1.34. The summed E-state index contributed by atoms with van der Waals surface area (Å²) in [5.41, 5.74) is 0.305. The summed E-state index contributed by atoms with van der Waals surface area (Å²) in [6.45, 7) is 10.5. The number of aromatic carboxylic acids is 1. The van der Waals surface area contributed by atoms with Crippen LogP contribution in [0.25, 0.3) is 16.6 Å². The van der Waals surface area contributed by atoms with E-state index in [0.717, 1.165) is 0 Å². The van der Waals surface area contributed by atoms with Crippen molar-refractivity contribution in [2.75, 3.05) is 14.2 Å². The van der Waals surface area contributed by atoms with Crippen LogP contribution < -0.4 is 19.3 Å². The molecule has 0 saturated carbocycles. The second-order valence-corrected chi connectivity index (χ2v) is 13.9. The maximum atomic E-state index is 13.1. The number of methoxy groups -OCH3 is 2. The molecule has 0 bridgehead atoms. The van der Waals surface area contributed by atoms with E-state index in [1.54, 1.807) is 55.2 Å². The van der Waals surface area contributed by atoms with Crippen molar-refractivity contribution in [2.24, 2.45) is 0 Å². The van der Waals surface area contributed by atoms with Crippen molar-refractivity contribution in [3.8, 4) is 22.9 Å². The Bertz CT molecular complexity index is 1220. The van der Waals surface area contributed by atoms with E-state index in [0.29, 0.717) is 28.5 Å². The van der Waals surface area contributed by atoms with Gasteiger partial charge in [0.05, 0.1) is 25.1 Å². The zero-order valence-electron chi connectivity index (χ0n) is 19.5. The van der Waals surface area contributed by atoms with Gasteiger partial charge in [0.15, 0.2) is 5.75 Å². The first-order valence-corrected chi connectivity index (χ1v) is 13.1. The molecule has 32 heavy (non-hydrogen) atoms. The summed E-state index contributed by atoms with van der Waals surface area (Å²) < 4.78 is 18.9. The summed E-state index contributed by atoms with van der Waals surface area (Å²) in [4.78, 5) is 24.9. The third-order valence-corrected chi connectivity index (χ3v) is 10.4. The molecule has 2 aromatic carbocycles. The summed E-state index contributed by atoms with van der Waals surface area (Å²) in [5.74, 6) is 0.293. The van der Waals surface area contributed by atoms with E-state index in [-0.39, 0.29) is 16.0 Å². The number of rotatable bonds is 6. The number of ether oxygens (including phenoxy) is 2. The molecule has 1 heterocycles. The number of benzene rings is 2. The third-order valence-electron chi connectivity index (χ3n) is 6.04. The van der Waals surface area contributed by atoms with E-state index in [2.05, 4.69) is 33.9 Å². The van der Waals surface area contributed by atoms with Crippen LogP contribution in [0.1, 0.15) is 31.1 Å². The van der Waals surface area contributed by atoms with Gasteiger partial charge in [-0.3, -0.25) is 4.79 Å². The normalized spacial score (nSPS) is 12.0. The van der Waals surface area contributed by atoms with Crippen LogP contribution in [0.2, 0.25) is 18.1 Å². The van der Waals surface area contributed by atoms with Gasteiger partial charge in [-0.1, -0.05) is 20.8 Å². The van der Waals surface area contributed by atoms with E-state index in [9.17, 15) is 14.7 Å². The molecule has 0 aliphatic rings. The van der Waals surface area contributed by atoms with Crippen LogP contribution in [0.5, 0.6) is 17.2 Å². The van der Waals surface area contributed by atoms with Crippen LogP contribution in [0, 0.1) is 0 Å². The summed E-state index contributed by atoms with van der Waals surface area (Å²) in [6, 6.07) is 10.4. The zero-order valence-corrected chi connectivity index (χ0v) is 20.5. The number of carboxylic acid groups (broad SMARTS) is 1. The number of pyridine rings is 1. The van der Waals surface area contributed by atoms with E-state index in [1.807, 2.05) is 0 Å². The van der Waals surface area contributed by atoms with Crippen molar-refractivity contribution in [1.82, 2.24) is 4.57 Å². The maximum Gasteiger partial charge on any atom is 0.341 e. The van der Waals surface area contributed by atoms with Gasteiger partial charge in [-0.25, -0.2) is 4.79 Å². The summed E-state index contributed by atoms with van der Waals surface area (Å²) in [5, 5.41) is 9.83. The van der Waals surface area contributed by atoms with Crippen LogP contribution in [-0.2, 0) is 0 Å². The SMILES string of the molecule is COc1ccc(-n2cc(C(=O)O)c(=O)c3cc(O[Si](C)(C)C(C)(C)C)c(OC)cc32)cc1. The Morgan fingerprint density at radius 2 is 1.62 bits per heavy atom. The molecule has 1 N–H and O–H groups in total. The third kappa shape index (κ3) is 4.23. The van der Waals surface area contributed by atoms with Crippen LogP contribution in [0.3, 0.4) is 0 Å². The lowest BCUT2D eigenvalue weighted by Gasteiger charge is -2.36. The molecule has 0 amide bonds. The Labute approximate surface area is 188 Å². The molecule has 3 aromatic rings. The molecule has 0 radical (unpaired) electrons. The van der Waals surface area contributed by atoms with Gasteiger partial charge in [0, 0.05) is 18.0 Å². The van der Waals surface area contributed by atoms with Gasteiger partial charge in [0.25, 0.3) is 8.32 Å². The Balaban J connectivity index is 2.33. The molecule has 0 spiro atoms. The van der Waals surface area contributed by atoms with Crippen molar-refractivity contribution >= 4 is 25.2 Å². The van der Waals surface area contributed by atoms with Gasteiger partial charge in [0.1, 0.15) is 17.1 Å². The average molecular weight is 456 g/mol. The first kappa shape index (κ1) is 23.4. The molecule has 8 heteroatoms. The van der Waals surface area contributed by atoms with Crippen molar-refractivity contribution < 1.29 is 23.8 Å². The maximum absolute atomic E-state index is 13.1. The first-order chi connectivity index (χ1) is 14.9. The highest BCUT2D eigenvalue weighted by molar-refractivity contribution is 6.74. The average Bonchev–Trinajstić information content (AvgIpc) is 2.72. The lowest BCUT2D eigenvalue weighted by atomic mass is 10.1. The molecule has 0 atom stereocenters. The lowest BCUT2D eigenvalue weighted by molar-refractivity contribution is 0.0695. The number of hydrogen-bond acceptors (Lipinski definition) is 5.